The van der Waals surface area contributed by atoms with Crippen molar-refractivity contribution in [1.29, 1.82) is 0 Å². The van der Waals surface area contributed by atoms with Crippen LogP contribution < -0.4 is 0 Å². The van der Waals surface area contributed by atoms with Gasteiger partial charge in [-0.25, -0.2) is 0 Å². The van der Waals surface area contributed by atoms with Crippen molar-refractivity contribution in [2.75, 3.05) is 0 Å². The van der Waals surface area contributed by atoms with Gasteiger partial charge in [-0.3, -0.25) is 4.98 Å². The average Bonchev–Trinajstić information content (AvgIpc) is 3.68. The fourth-order valence-corrected chi connectivity index (χ4v) is 7.50. The molecule has 0 fully saturated rings. The molecular formula is C43H26N2O. The second kappa shape index (κ2) is 9.65. The van der Waals surface area contributed by atoms with Gasteiger partial charge in [0.15, 0.2) is 0 Å². The van der Waals surface area contributed by atoms with Crippen LogP contribution in [0.5, 0.6) is 0 Å². The lowest BCUT2D eigenvalue weighted by Crippen LogP contribution is -1.94. The van der Waals surface area contributed by atoms with Gasteiger partial charge in [0, 0.05) is 39.6 Å². The summed E-state index contributed by atoms with van der Waals surface area (Å²) in [5.41, 5.74) is 9.94. The number of fused-ring (bicyclic) bond motifs is 10. The zero-order valence-electron chi connectivity index (χ0n) is 24.8. The molecule has 0 bridgehead atoms. The molecule has 46 heavy (non-hydrogen) atoms. The smallest absolute Gasteiger partial charge is 0.136 e. The van der Waals surface area contributed by atoms with Crippen LogP contribution in [0.25, 0.3) is 93.2 Å². The number of aromatic nitrogens is 2. The van der Waals surface area contributed by atoms with Gasteiger partial charge in [-0.15, -0.1) is 0 Å². The molecule has 7 aromatic carbocycles. The van der Waals surface area contributed by atoms with Crippen LogP contribution in [0.1, 0.15) is 0 Å². The van der Waals surface area contributed by atoms with Crippen LogP contribution in [0, 0.1) is 0 Å². The van der Waals surface area contributed by atoms with Crippen LogP contribution in [-0.4, -0.2) is 9.55 Å². The fraction of sp³-hybridized carbons (Fsp3) is 0. The van der Waals surface area contributed by atoms with Gasteiger partial charge in [0.2, 0.25) is 0 Å². The van der Waals surface area contributed by atoms with Crippen LogP contribution in [-0.2, 0) is 0 Å². The van der Waals surface area contributed by atoms with Crippen molar-refractivity contribution in [2.45, 2.75) is 0 Å². The number of furan rings is 1. The number of hydrogen-bond donors (Lipinski definition) is 0. The summed E-state index contributed by atoms with van der Waals surface area (Å²) in [4.78, 5) is 4.24. The summed E-state index contributed by atoms with van der Waals surface area (Å²) in [7, 11) is 0. The van der Waals surface area contributed by atoms with Crippen LogP contribution in [0.15, 0.2) is 162 Å². The van der Waals surface area contributed by atoms with E-state index in [9.17, 15) is 0 Å². The number of para-hydroxylation sites is 1. The van der Waals surface area contributed by atoms with Crippen molar-refractivity contribution in [3.8, 4) is 27.9 Å². The van der Waals surface area contributed by atoms with E-state index >= 15 is 0 Å². The molecule has 3 heteroatoms. The molecule has 10 aromatic rings. The number of benzene rings is 7. The minimum atomic E-state index is 0.890. The van der Waals surface area contributed by atoms with Crippen molar-refractivity contribution in [1.82, 2.24) is 9.55 Å². The molecule has 3 aromatic heterocycles. The molecule has 3 nitrogen and oxygen atoms in total. The zero-order chi connectivity index (χ0) is 30.2. The van der Waals surface area contributed by atoms with Crippen molar-refractivity contribution < 1.29 is 4.42 Å². The Morgan fingerprint density at radius 1 is 0.435 bits per heavy atom. The molecule has 214 valence electrons. The molecule has 0 saturated heterocycles. The van der Waals surface area contributed by atoms with Gasteiger partial charge in [0.1, 0.15) is 11.2 Å². The monoisotopic (exact) mass is 586 g/mol. The molecule has 0 amide bonds. The van der Waals surface area contributed by atoms with Gasteiger partial charge < -0.3 is 8.98 Å². The SMILES string of the molecule is c1ccc2c(c1)ccc1c2c2ccccc2n1-c1ccc(-c2cc3oc4cccc(-c5ccncc5)c4c3c3ccccc23)cc1. The topological polar surface area (TPSA) is 31.0 Å². The molecule has 0 aliphatic carbocycles. The Hall–Kier alpha value is -6.19. The first-order valence-corrected chi connectivity index (χ1v) is 15.6. The van der Waals surface area contributed by atoms with Gasteiger partial charge in [0.25, 0.3) is 0 Å². The molecule has 0 spiro atoms. The predicted octanol–water partition coefficient (Wildman–Crippen LogP) is 11.7. The highest BCUT2D eigenvalue weighted by atomic mass is 16.3. The average molecular weight is 587 g/mol. The molecular weight excluding hydrogens is 560 g/mol. The van der Waals surface area contributed by atoms with E-state index in [0.717, 1.165) is 49.9 Å². The van der Waals surface area contributed by atoms with E-state index in [1.165, 1.54) is 43.4 Å². The molecule has 0 unspecified atom stereocenters. The summed E-state index contributed by atoms with van der Waals surface area (Å²) >= 11 is 0. The number of nitrogens with zero attached hydrogens (tertiary/aromatic N) is 2. The minimum absolute atomic E-state index is 0.890. The third-order valence-corrected chi connectivity index (χ3v) is 9.49. The minimum Gasteiger partial charge on any atom is -0.456 e. The number of pyridine rings is 1. The molecule has 10 rings (SSSR count). The van der Waals surface area contributed by atoms with E-state index < -0.39 is 0 Å². The lowest BCUT2D eigenvalue weighted by Gasteiger charge is -2.12. The Balaban J connectivity index is 1.18. The first-order chi connectivity index (χ1) is 22.8. The third-order valence-electron chi connectivity index (χ3n) is 9.49. The lowest BCUT2D eigenvalue weighted by atomic mass is 9.93. The Bertz CT molecular complexity index is 2790. The van der Waals surface area contributed by atoms with E-state index in [2.05, 4.69) is 155 Å². The van der Waals surface area contributed by atoms with Crippen LogP contribution >= 0.6 is 0 Å². The lowest BCUT2D eigenvalue weighted by molar-refractivity contribution is 0.669. The number of hydrogen-bond acceptors (Lipinski definition) is 2. The molecule has 0 atom stereocenters. The fourth-order valence-electron chi connectivity index (χ4n) is 7.50. The normalized spacial score (nSPS) is 11.9. The standard InChI is InChI=1S/C43H26N2O/c1-2-9-31-27(8-1)18-21-38-41(31)35-12-5-6-14-37(35)45(38)30-19-16-28(17-20-30)36-26-40-43(34-11-4-3-10-33(34)36)42-32(13-7-15-39(42)46-40)29-22-24-44-25-23-29/h1-26H. The summed E-state index contributed by atoms with van der Waals surface area (Å²) in [5.74, 6) is 0. The summed E-state index contributed by atoms with van der Waals surface area (Å²) in [6.07, 6.45) is 3.69. The van der Waals surface area contributed by atoms with Crippen molar-refractivity contribution >= 4 is 65.3 Å². The van der Waals surface area contributed by atoms with Gasteiger partial charge in [0.05, 0.1) is 11.0 Å². The van der Waals surface area contributed by atoms with Gasteiger partial charge in [-0.2, -0.15) is 0 Å². The summed E-state index contributed by atoms with van der Waals surface area (Å²) in [6.45, 7) is 0. The van der Waals surface area contributed by atoms with E-state index in [4.69, 9.17) is 4.42 Å². The Morgan fingerprint density at radius 2 is 1.15 bits per heavy atom. The second-order valence-corrected chi connectivity index (χ2v) is 11.9. The van der Waals surface area contributed by atoms with E-state index in [1.54, 1.807) is 0 Å². The van der Waals surface area contributed by atoms with Crippen molar-refractivity contribution in [3.05, 3.63) is 158 Å². The Kier molecular flexibility index (Phi) is 5.28. The highest BCUT2D eigenvalue weighted by molar-refractivity contribution is 6.25. The first-order valence-electron chi connectivity index (χ1n) is 15.6. The van der Waals surface area contributed by atoms with E-state index in [-0.39, 0.29) is 0 Å². The van der Waals surface area contributed by atoms with Crippen molar-refractivity contribution in [2.24, 2.45) is 0 Å². The summed E-state index contributed by atoms with van der Waals surface area (Å²) in [5, 5.41) is 9.79. The number of rotatable bonds is 3. The molecule has 0 aliphatic rings. The zero-order valence-corrected chi connectivity index (χ0v) is 24.8. The van der Waals surface area contributed by atoms with Gasteiger partial charge in [-0.1, -0.05) is 97.1 Å². The van der Waals surface area contributed by atoms with Crippen LogP contribution in [0.4, 0.5) is 0 Å². The van der Waals surface area contributed by atoms with Gasteiger partial charge in [-0.05, 0) is 92.3 Å². The molecule has 0 radical (unpaired) electrons. The van der Waals surface area contributed by atoms with Crippen LogP contribution in [0.2, 0.25) is 0 Å². The Labute approximate surface area is 264 Å². The highest BCUT2D eigenvalue weighted by Gasteiger charge is 2.19. The maximum absolute atomic E-state index is 6.58. The van der Waals surface area contributed by atoms with Crippen LogP contribution in [0.3, 0.4) is 0 Å². The molecule has 0 N–H and O–H groups in total. The van der Waals surface area contributed by atoms with E-state index in [1.807, 2.05) is 12.4 Å². The second-order valence-electron chi connectivity index (χ2n) is 11.9. The highest BCUT2D eigenvalue weighted by Crippen LogP contribution is 2.44. The summed E-state index contributed by atoms with van der Waals surface area (Å²) < 4.78 is 8.97. The summed E-state index contributed by atoms with van der Waals surface area (Å²) in [6, 6.07) is 52.2. The quantitative estimate of drug-likeness (QED) is 0.206. The first kappa shape index (κ1) is 25.2. The molecule has 0 saturated carbocycles. The molecule has 0 aliphatic heterocycles. The molecule has 3 heterocycles. The maximum Gasteiger partial charge on any atom is 0.136 e. The largest absolute Gasteiger partial charge is 0.456 e. The van der Waals surface area contributed by atoms with Gasteiger partial charge >= 0.3 is 0 Å². The Morgan fingerprint density at radius 3 is 2.00 bits per heavy atom. The van der Waals surface area contributed by atoms with E-state index in [0.29, 0.717) is 0 Å². The maximum atomic E-state index is 6.58. The predicted molar refractivity (Wildman–Crippen MR) is 192 cm³/mol. The van der Waals surface area contributed by atoms with Crippen molar-refractivity contribution in [3.63, 3.8) is 0 Å². The third kappa shape index (κ3) is 3.57.